The van der Waals surface area contributed by atoms with E-state index in [0.717, 1.165) is 0 Å². The van der Waals surface area contributed by atoms with Crippen LogP contribution in [0.15, 0.2) is 28.4 Å². The molecule has 0 saturated carbocycles. The zero-order valence-corrected chi connectivity index (χ0v) is 10.2. The van der Waals surface area contributed by atoms with Crippen molar-refractivity contribution in [3.8, 4) is 0 Å². The van der Waals surface area contributed by atoms with E-state index in [9.17, 15) is 9.59 Å². The summed E-state index contributed by atoms with van der Waals surface area (Å²) in [7, 11) is 0. The number of hydrogen-bond donors (Lipinski definition) is 0. The molecule has 96 valence electrons. The summed E-state index contributed by atoms with van der Waals surface area (Å²) < 4.78 is 10.3. The van der Waals surface area contributed by atoms with Gasteiger partial charge in [-0.15, -0.1) is 0 Å². The lowest BCUT2D eigenvalue weighted by Crippen LogP contribution is -2.42. The van der Waals surface area contributed by atoms with Gasteiger partial charge < -0.3 is 14.1 Å². The Hall–Kier alpha value is -1.88. The minimum atomic E-state index is -0.262. The van der Waals surface area contributed by atoms with E-state index in [-0.39, 0.29) is 17.3 Å². The fourth-order valence-electron chi connectivity index (χ4n) is 1.77. The molecule has 1 saturated heterocycles. The number of nitrogens with zero attached hydrogens (tertiary/aromatic N) is 1. The fourth-order valence-corrected chi connectivity index (χ4v) is 1.77. The van der Waals surface area contributed by atoms with Crippen molar-refractivity contribution in [2.24, 2.45) is 0 Å². The van der Waals surface area contributed by atoms with E-state index >= 15 is 0 Å². The third-order valence-corrected chi connectivity index (χ3v) is 2.74. The Bertz CT molecular complexity index is 455. The average molecular weight is 249 g/mol. The Morgan fingerprint density at radius 2 is 2.06 bits per heavy atom. The van der Waals surface area contributed by atoms with Crippen LogP contribution in [0.2, 0.25) is 0 Å². The molecule has 0 aromatic carbocycles. The molecular formula is C13H15NO4. The summed E-state index contributed by atoms with van der Waals surface area (Å²) in [6.45, 7) is 3.44. The van der Waals surface area contributed by atoms with Gasteiger partial charge in [-0.1, -0.05) is 0 Å². The number of carbonyl (C=O) groups is 2. The Morgan fingerprint density at radius 3 is 2.61 bits per heavy atom. The van der Waals surface area contributed by atoms with Crippen LogP contribution >= 0.6 is 0 Å². The molecule has 0 radical (unpaired) electrons. The van der Waals surface area contributed by atoms with E-state index in [1.807, 2.05) is 0 Å². The summed E-state index contributed by atoms with van der Waals surface area (Å²) in [4.78, 5) is 25.4. The monoisotopic (exact) mass is 249 g/mol. The zero-order chi connectivity index (χ0) is 13.0. The van der Waals surface area contributed by atoms with Gasteiger partial charge in [0.05, 0.1) is 25.1 Å². The van der Waals surface area contributed by atoms with Gasteiger partial charge in [0.15, 0.2) is 5.78 Å². The van der Waals surface area contributed by atoms with Crippen molar-refractivity contribution in [3.63, 3.8) is 0 Å². The van der Waals surface area contributed by atoms with Gasteiger partial charge in [0.2, 0.25) is 0 Å². The van der Waals surface area contributed by atoms with Crippen molar-refractivity contribution >= 4 is 17.8 Å². The molecule has 5 heteroatoms. The van der Waals surface area contributed by atoms with E-state index in [1.165, 1.54) is 19.3 Å². The van der Waals surface area contributed by atoms with E-state index in [2.05, 4.69) is 0 Å². The van der Waals surface area contributed by atoms with Crippen LogP contribution in [0.3, 0.4) is 0 Å². The standard InChI is InChI=1S/C13H15NO4/c1-10(15)12(9-11-3-2-6-18-11)13(16)14-4-7-17-8-5-14/h2-3,6,9H,4-5,7-8H2,1H3/b12-9-. The van der Waals surface area contributed by atoms with Crippen LogP contribution in [-0.4, -0.2) is 42.9 Å². The molecule has 18 heavy (non-hydrogen) atoms. The predicted molar refractivity (Wildman–Crippen MR) is 64.8 cm³/mol. The number of rotatable bonds is 3. The number of ketones is 1. The molecule has 1 aromatic rings. The zero-order valence-electron chi connectivity index (χ0n) is 10.2. The summed E-state index contributed by atoms with van der Waals surface area (Å²) >= 11 is 0. The van der Waals surface area contributed by atoms with Gasteiger partial charge in [0.25, 0.3) is 5.91 Å². The van der Waals surface area contributed by atoms with Crippen LogP contribution in [0.25, 0.3) is 6.08 Å². The first-order valence-electron chi connectivity index (χ1n) is 5.81. The Balaban J connectivity index is 2.19. The molecule has 1 aromatic heterocycles. The van der Waals surface area contributed by atoms with Crippen LogP contribution in [0.4, 0.5) is 0 Å². The fraction of sp³-hybridized carbons (Fsp3) is 0.385. The highest BCUT2D eigenvalue weighted by molar-refractivity contribution is 6.21. The predicted octanol–water partition coefficient (Wildman–Crippen LogP) is 1.11. The lowest BCUT2D eigenvalue weighted by molar-refractivity contribution is -0.132. The lowest BCUT2D eigenvalue weighted by atomic mass is 10.1. The molecule has 1 fully saturated rings. The third kappa shape index (κ3) is 2.87. The SMILES string of the molecule is CC(=O)/C(=C/c1ccco1)C(=O)N1CCOCC1. The number of morpholine rings is 1. The normalized spacial score (nSPS) is 16.7. The van der Waals surface area contributed by atoms with Crippen LogP contribution < -0.4 is 0 Å². The van der Waals surface area contributed by atoms with Crippen molar-refractivity contribution in [3.05, 3.63) is 29.7 Å². The number of carbonyl (C=O) groups excluding carboxylic acids is 2. The molecule has 1 aliphatic rings. The third-order valence-electron chi connectivity index (χ3n) is 2.74. The van der Waals surface area contributed by atoms with Gasteiger partial charge in [0.1, 0.15) is 5.76 Å². The lowest BCUT2D eigenvalue weighted by Gasteiger charge is -2.27. The highest BCUT2D eigenvalue weighted by Crippen LogP contribution is 2.12. The van der Waals surface area contributed by atoms with Gasteiger partial charge in [-0.05, 0) is 25.1 Å². The minimum Gasteiger partial charge on any atom is -0.465 e. The first-order chi connectivity index (χ1) is 8.68. The Labute approximate surface area is 105 Å². The molecule has 0 aliphatic carbocycles. The van der Waals surface area contributed by atoms with Crippen LogP contribution in [0, 0.1) is 0 Å². The number of amides is 1. The van der Waals surface area contributed by atoms with Gasteiger partial charge >= 0.3 is 0 Å². The maximum atomic E-state index is 12.2. The topological polar surface area (TPSA) is 59.8 Å². The molecule has 0 N–H and O–H groups in total. The van der Waals surface area contributed by atoms with Crippen molar-refractivity contribution < 1.29 is 18.7 Å². The van der Waals surface area contributed by atoms with Gasteiger partial charge in [-0.3, -0.25) is 9.59 Å². The van der Waals surface area contributed by atoms with Crippen molar-refractivity contribution in [2.45, 2.75) is 6.92 Å². The highest BCUT2D eigenvalue weighted by Gasteiger charge is 2.23. The molecule has 1 amide bonds. The molecular weight excluding hydrogens is 234 g/mol. The largest absolute Gasteiger partial charge is 0.465 e. The minimum absolute atomic E-state index is 0.145. The second-order valence-corrected chi connectivity index (χ2v) is 4.03. The summed E-state index contributed by atoms with van der Waals surface area (Å²) in [6.07, 6.45) is 2.99. The van der Waals surface area contributed by atoms with Crippen LogP contribution in [0.5, 0.6) is 0 Å². The van der Waals surface area contributed by atoms with Gasteiger partial charge in [-0.2, -0.15) is 0 Å². The maximum absolute atomic E-state index is 12.2. The molecule has 1 aliphatic heterocycles. The maximum Gasteiger partial charge on any atom is 0.257 e. The Morgan fingerprint density at radius 1 is 1.33 bits per heavy atom. The average Bonchev–Trinajstić information content (AvgIpc) is 2.89. The number of Topliss-reactive ketones (excluding diaryl/α,β-unsaturated/α-hetero) is 1. The van der Waals surface area contributed by atoms with E-state index in [1.54, 1.807) is 17.0 Å². The van der Waals surface area contributed by atoms with Crippen LogP contribution in [0.1, 0.15) is 12.7 Å². The van der Waals surface area contributed by atoms with E-state index < -0.39 is 0 Å². The van der Waals surface area contributed by atoms with Crippen molar-refractivity contribution in [1.82, 2.24) is 4.90 Å². The molecule has 0 bridgehead atoms. The van der Waals surface area contributed by atoms with Crippen LogP contribution in [-0.2, 0) is 14.3 Å². The van der Waals surface area contributed by atoms with Crippen molar-refractivity contribution in [2.75, 3.05) is 26.3 Å². The highest BCUT2D eigenvalue weighted by atomic mass is 16.5. The summed E-state index contributed by atoms with van der Waals surface area (Å²) in [5.41, 5.74) is 0.145. The van der Waals surface area contributed by atoms with E-state index in [0.29, 0.717) is 32.1 Å². The molecule has 0 spiro atoms. The Kier molecular flexibility index (Phi) is 3.94. The molecule has 2 heterocycles. The first-order valence-corrected chi connectivity index (χ1v) is 5.81. The number of ether oxygens (including phenoxy) is 1. The van der Waals surface area contributed by atoms with E-state index in [4.69, 9.17) is 9.15 Å². The molecule has 0 unspecified atom stereocenters. The second kappa shape index (κ2) is 5.64. The summed E-state index contributed by atoms with van der Waals surface area (Å²) in [5.74, 6) is -0.0214. The molecule has 0 atom stereocenters. The first kappa shape index (κ1) is 12.6. The quantitative estimate of drug-likeness (QED) is 0.457. The van der Waals surface area contributed by atoms with Gasteiger partial charge in [-0.25, -0.2) is 0 Å². The number of furan rings is 1. The smallest absolute Gasteiger partial charge is 0.257 e. The second-order valence-electron chi connectivity index (χ2n) is 4.03. The molecule has 2 rings (SSSR count). The summed E-state index contributed by atoms with van der Waals surface area (Å²) in [5, 5.41) is 0. The van der Waals surface area contributed by atoms with Gasteiger partial charge in [0, 0.05) is 13.1 Å². The number of hydrogen-bond acceptors (Lipinski definition) is 4. The van der Waals surface area contributed by atoms with Crippen molar-refractivity contribution in [1.29, 1.82) is 0 Å². The summed E-state index contributed by atoms with van der Waals surface area (Å²) in [6, 6.07) is 3.42. The molecule has 5 nitrogen and oxygen atoms in total.